The number of carbonyl (C=O) groups excluding carboxylic acids is 2. The van der Waals surface area contributed by atoms with E-state index < -0.39 is 11.8 Å². The van der Waals surface area contributed by atoms with Gasteiger partial charge in [0.25, 0.3) is 11.8 Å². The number of carbonyl (C=O) groups is 2. The summed E-state index contributed by atoms with van der Waals surface area (Å²) in [6.07, 6.45) is 3.05. The summed E-state index contributed by atoms with van der Waals surface area (Å²) in [7, 11) is 0. The largest absolute Gasteiger partial charge is 0.507 e. The SMILES string of the molecule is CCN(CC)c1ccc(C=C(NC(=O)c2ccccc2)C(=O)NN=Cc2ccc(O)c(Br)c2)cc1. The van der Waals surface area contributed by atoms with Crippen LogP contribution in [0.2, 0.25) is 0 Å². The van der Waals surface area contributed by atoms with Gasteiger partial charge in [0.2, 0.25) is 0 Å². The number of anilines is 1. The van der Waals surface area contributed by atoms with Crippen molar-refractivity contribution in [1.82, 2.24) is 10.7 Å². The lowest BCUT2D eigenvalue weighted by Crippen LogP contribution is -2.32. The van der Waals surface area contributed by atoms with Crippen LogP contribution in [0, 0.1) is 0 Å². The Morgan fingerprint density at radius 2 is 1.63 bits per heavy atom. The summed E-state index contributed by atoms with van der Waals surface area (Å²) < 4.78 is 0.511. The number of phenols is 1. The first-order valence-electron chi connectivity index (χ1n) is 11.2. The topological polar surface area (TPSA) is 94.0 Å². The fraction of sp³-hybridized carbons (Fsp3) is 0.148. The standard InChI is InChI=1S/C27H27BrN4O3/c1-3-32(4-2)22-13-10-19(11-14-22)17-24(30-26(34)21-8-6-5-7-9-21)27(35)31-29-18-20-12-15-25(33)23(28)16-20/h5-18,33H,3-4H2,1-2H3,(H,30,34)(H,31,35). The predicted molar refractivity (Wildman–Crippen MR) is 143 cm³/mol. The summed E-state index contributed by atoms with van der Waals surface area (Å²) in [4.78, 5) is 27.9. The molecule has 0 spiro atoms. The molecule has 0 aliphatic heterocycles. The molecule has 8 heteroatoms. The number of benzene rings is 3. The lowest BCUT2D eigenvalue weighted by atomic mass is 10.1. The monoisotopic (exact) mass is 534 g/mol. The maximum atomic E-state index is 12.9. The lowest BCUT2D eigenvalue weighted by molar-refractivity contribution is -0.117. The Morgan fingerprint density at radius 1 is 0.971 bits per heavy atom. The van der Waals surface area contributed by atoms with Gasteiger partial charge in [-0.3, -0.25) is 9.59 Å². The summed E-state index contributed by atoms with van der Waals surface area (Å²) in [5, 5.41) is 16.3. The Bertz CT molecular complexity index is 1220. The van der Waals surface area contributed by atoms with E-state index in [2.05, 4.69) is 50.5 Å². The van der Waals surface area contributed by atoms with Gasteiger partial charge >= 0.3 is 0 Å². The minimum atomic E-state index is -0.573. The number of nitrogens with one attached hydrogen (secondary N) is 2. The molecule has 3 N–H and O–H groups in total. The van der Waals surface area contributed by atoms with E-state index in [1.54, 1.807) is 42.5 Å². The van der Waals surface area contributed by atoms with E-state index in [0.29, 0.717) is 15.6 Å². The summed E-state index contributed by atoms with van der Waals surface area (Å²) in [6, 6.07) is 21.2. The maximum absolute atomic E-state index is 12.9. The number of aromatic hydroxyl groups is 1. The second kappa shape index (κ2) is 12.5. The van der Waals surface area contributed by atoms with Crippen LogP contribution in [0.3, 0.4) is 0 Å². The molecule has 0 fully saturated rings. The summed E-state index contributed by atoms with van der Waals surface area (Å²) in [6.45, 7) is 5.97. The molecule has 0 aliphatic carbocycles. The van der Waals surface area contributed by atoms with Gasteiger partial charge in [-0.2, -0.15) is 5.10 Å². The number of amides is 2. The van der Waals surface area contributed by atoms with Gasteiger partial charge in [0.15, 0.2) is 0 Å². The zero-order valence-corrected chi connectivity index (χ0v) is 21.1. The smallest absolute Gasteiger partial charge is 0.287 e. The quantitative estimate of drug-likeness (QED) is 0.206. The summed E-state index contributed by atoms with van der Waals surface area (Å²) >= 11 is 3.24. The molecule has 0 aromatic heterocycles. The van der Waals surface area contributed by atoms with E-state index in [1.165, 1.54) is 12.3 Å². The highest BCUT2D eigenvalue weighted by Gasteiger charge is 2.14. The second-order valence-corrected chi connectivity index (χ2v) is 8.41. The van der Waals surface area contributed by atoms with Crippen molar-refractivity contribution in [3.8, 4) is 5.75 Å². The molecule has 3 aromatic rings. The van der Waals surface area contributed by atoms with Gasteiger partial charge in [-0.25, -0.2) is 5.43 Å². The fourth-order valence-corrected chi connectivity index (χ4v) is 3.70. The molecule has 180 valence electrons. The minimum absolute atomic E-state index is 0.0541. The number of hydrazone groups is 1. The third-order valence-corrected chi connectivity index (χ3v) is 5.85. The van der Waals surface area contributed by atoms with Crippen molar-refractivity contribution < 1.29 is 14.7 Å². The zero-order chi connectivity index (χ0) is 25.2. The first kappa shape index (κ1) is 25.7. The molecule has 0 atom stereocenters. The number of halogens is 1. The van der Waals surface area contributed by atoms with Crippen LogP contribution in [0.25, 0.3) is 6.08 Å². The molecule has 3 rings (SSSR count). The molecule has 0 saturated heterocycles. The van der Waals surface area contributed by atoms with Gasteiger partial charge in [0, 0.05) is 24.3 Å². The zero-order valence-electron chi connectivity index (χ0n) is 19.5. The number of rotatable bonds is 9. The number of phenolic OH excluding ortho intramolecular Hbond substituents is 1. The van der Waals surface area contributed by atoms with Crippen LogP contribution in [0.15, 0.2) is 88.1 Å². The Hall–Kier alpha value is -3.91. The Morgan fingerprint density at radius 3 is 2.26 bits per heavy atom. The predicted octanol–water partition coefficient (Wildman–Crippen LogP) is 4.92. The van der Waals surface area contributed by atoms with Crippen molar-refractivity contribution in [2.24, 2.45) is 5.10 Å². The van der Waals surface area contributed by atoms with Gasteiger partial charge in [-0.1, -0.05) is 30.3 Å². The second-order valence-electron chi connectivity index (χ2n) is 7.55. The Balaban J connectivity index is 1.82. The van der Waals surface area contributed by atoms with E-state index in [-0.39, 0.29) is 11.4 Å². The molecule has 0 radical (unpaired) electrons. The number of hydrogen-bond donors (Lipinski definition) is 3. The Kier molecular flexibility index (Phi) is 9.20. The van der Waals surface area contributed by atoms with Crippen molar-refractivity contribution in [1.29, 1.82) is 0 Å². The third-order valence-electron chi connectivity index (χ3n) is 5.21. The van der Waals surface area contributed by atoms with Crippen LogP contribution < -0.4 is 15.6 Å². The van der Waals surface area contributed by atoms with E-state index in [0.717, 1.165) is 24.3 Å². The van der Waals surface area contributed by atoms with Crippen LogP contribution >= 0.6 is 15.9 Å². The molecular weight excluding hydrogens is 508 g/mol. The van der Waals surface area contributed by atoms with E-state index in [9.17, 15) is 14.7 Å². The van der Waals surface area contributed by atoms with Crippen molar-refractivity contribution in [2.45, 2.75) is 13.8 Å². The molecule has 0 saturated carbocycles. The molecule has 0 heterocycles. The number of nitrogens with zero attached hydrogens (tertiary/aromatic N) is 2. The first-order chi connectivity index (χ1) is 16.9. The van der Waals surface area contributed by atoms with Gasteiger partial charge in [-0.05, 0) is 89.4 Å². The molecule has 0 aliphatic rings. The van der Waals surface area contributed by atoms with E-state index in [1.807, 2.05) is 30.3 Å². The van der Waals surface area contributed by atoms with Crippen molar-refractivity contribution in [3.63, 3.8) is 0 Å². The van der Waals surface area contributed by atoms with Gasteiger partial charge in [-0.15, -0.1) is 0 Å². The van der Waals surface area contributed by atoms with Crippen LogP contribution in [0.5, 0.6) is 5.75 Å². The highest BCUT2D eigenvalue weighted by atomic mass is 79.9. The van der Waals surface area contributed by atoms with Crippen LogP contribution in [0.1, 0.15) is 35.3 Å². The average molecular weight is 535 g/mol. The highest BCUT2D eigenvalue weighted by molar-refractivity contribution is 9.10. The lowest BCUT2D eigenvalue weighted by Gasteiger charge is -2.20. The highest BCUT2D eigenvalue weighted by Crippen LogP contribution is 2.23. The van der Waals surface area contributed by atoms with E-state index >= 15 is 0 Å². The van der Waals surface area contributed by atoms with Gasteiger partial charge in [0.1, 0.15) is 11.4 Å². The van der Waals surface area contributed by atoms with Crippen LogP contribution in [0.4, 0.5) is 5.69 Å². The van der Waals surface area contributed by atoms with Crippen molar-refractivity contribution in [2.75, 3.05) is 18.0 Å². The fourth-order valence-electron chi connectivity index (χ4n) is 3.31. The summed E-state index contributed by atoms with van der Waals surface area (Å²) in [5.74, 6) is -0.874. The normalized spacial score (nSPS) is 11.3. The molecule has 2 amide bonds. The third kappa shape index (κ3) is 7.28. The maximum Gasteiger partial charge on any atom is 0.287 e. The molecule has 7 nitrogen and oxygen atoms in total. The average Bonchev–Trinajstić information content (AvgIpc) is 2.88. The first-order valence-corrected chi connectivity index (χ1v) is 12.0. The van der Waals surface area contributed by atoms with E-state index in [4.69, 9.17) is 0 Å². The van der Waals surface area contributed by atoms with Gasteiger partial charge in [0.05, 0.1) is 10.7 Å². The van der Waals surface area contributed by atoms with Crippen molar-refractivity contribution >= 4 is 45.7 Å². The minimum Gasteiger partial charge on any atom is -0.507 e. The number of hydrogen-bond acceptors (Lipinski definition) is 5. The Labute approximate surface area is 213 Å². The van der Waals surface area contributed by atoms with Gasteiger partial charge < -0.3 is 15.3 Å². The van der Waals surface area contributed by atoms with Crippen LogP contribution in [-0.4, -0.2) is 36.2 Å². The molecule has 0 bridgehead atoms. The van der Waals surface area contributed by atoms with Crippen LogP contribution in [-0.2, 0) is 4.79 Å². The molecule has 35 heavy (non-hydrogen) atoms. The molecular formula is C27H27BrN4O3. The van der Waals surface area contributed by atoms with Crippen molar-refractivity contribution in [3.05, 3.63) is 99.7 Å². The molecule has 0 unspecified atom stereocenters. The summed E-state index contributed by atoms with van der Waals surface area (Å²) in [5.41, 5.74) is 5.44. The molecule has 3 aromatic carbocycles.